The van der Waals surface area contributed by atoms with Crippen LogP contribution in [0.1, 0.15) is 19.3 Å². The molecule has 0 spiro atoms. The number of urea groups is 1. The number of nitrogens with one attached hydrogen (secondary N) is 1. The number of carbonyl (C=O) groups excluding carboxylic acids is 1. The first-order valence-electron chi connectivity index (χ1n) is 12.5. The average molecular weight is 481 g/mol. The highest BCUT2D eigenvalue weighted by atomic mass is 16.5. The van der Waals surface area contributed by atoms with E-state index in [1.54, 1.807) is 7.11 Å². The Balaban J connectivity index is 1.31. The minimum Gasteiger partial charge on any atom is -0.495 e. The lowest BCUT2D eigenvalue weighted by molar-refractivity contribution is -0.139. The van der Waals surface area contributed by atoms with E-state index < -0.39 is 5.97 Å². The number of carbonyl (C=O) groups is 2. The van der Waals surface area contributed by atoms with Gasteiger partial charge in [0.2, 0.25) is 0 Å². The zero-order valence-electron chi connectivity index (χ0n) is 20.4. The highest BCUT2D eigenvalue weighted by molar-refractivity contribution is 5.89. The Kier molecular flexibility index (Phi) is 8.47. The second-order valence-electron chi connectivity index (χ2n) is 9.44. The summed E-state index contributed by atoms with van der Waals surface area (Å²) >= 11 is 0. The predicted octanol–water partition coefficient (Wildman–Crippen LogP) is 3.85. The Bertz CT molecular complexity index is 978. The number of ether oxygens (including phenoxy) is 1. The van der Waals surface area contributed by atoms with Crippen LogP contribution in [-0.4, -0.2) is 79.8 Å². The molecule has 2 aliphatic heterocycles. The lowest BCUT2D eigenvalue weighted by Crippen LogP contribution is -2.49. The van der Waals surface area contributed by atoms with Gasteiger partial charge in [-0.25, -0.2) is 4.79 Å². The number of carboxylic acid groups (broad SMARTS) is 1. The minimum absolute atomic E-state index is 0.100. The summed E-state index contributed by atoms with van der Waals surface area (Å²) in [7, 11) is 1.70. The highest BCUT2D eigenvalue weighted by Gasteiger charge is 2.33. The molecule has 2 atom stereocenters. The summed E-state index contributed by atoms with van der Waals surface area (Å²) in [5.41, 5.74) is 1.90. The van der Waals surface area contributed by atoms with Gasteiger partial charge in [0.25, 0.3) is 0 Å². The molecule has 2 saturated heterocycles. The fourth-order valence-electron chi connectivity index (χ4n) is 5.26. The van der Waals surface area contributed by atoms with E-state index in [9.17, 15) is 14.7 Å². The lowest BCUT2D eigenvalue weighted by Gasteiger charge is -2.40. The van der Waals surface area contributed by atoms with Crippen LogP contribution in [0.2, 0.25) is 0 Å². The molecule has 2 N–H and O–H groups in total. The Morgan fingerprint density at radius 1 is 0.971 bits per heavy atom. The molecule has 35 heavy (non-hydrogen) atoms. The number of anilines is 2. The number of methoxy groups -OCH3 is 1. The van der Waals surface area contributed by atoms with Crippen molar-refractivity contribution in [2.45, 2.75) is 19.3 Å². The Morgan fingerprint density at radius 3 is 2.40 bits per heavy atom. The largest absolute Gasteiger partial charge is 0.495 e. The molecule has 0 aromatic heterocycles. The van der Waals surface area contributed by atoms with Crippen molar-refractivity contribution in [2.75, 3.05) is 63.1 Å². The highest BCUT2D eigenvalue weighted by Crippen LogP contribution is 2.31. The molecule has 2 aromatic rings. The number of likely N-dealkylation sites (tertiary alicyclic amines) is 1. The van der Waals surface area contributed by atoms with Crippen LogP contribution in [0.15, 0.2) is 54.6 Å². The van der Waals surface area contributed by atoms with E-state index in [0.29, 0.717) is 13.1 Å². The molecule has 0 bridgehead atoms. The van der Waals surface area contributed by atoms with Crippen molar-refractivity contribution in [1.29, 1.82) is 0 Å². The van der Waals surface area contributed by atoms with Crippen molar-refractivity contribution in [1.82, 2.24) is 9.80 Å². The quantitative estimate of drug-likeness (QED) is 0.597. The normalized spacial score (nSPS) is 20.9. The smallest absolute Gasteiger partial charge is 0.321 e. The van der Waals surface area contributed by atoms with Gasteiger partial charge in [0.05, 0.1) is 12.8 Å². The molecule has 188 valence electrons. The number of nitrogens with zero attached hydrogens (tertiary/aromatic N) is 3. The van der Waals surface area contributed by atoms with Crippen molar-refractivity contribution in [3.63, 3.8) is 0 Å². The summed E-state index contributed by atoms with van der Waals surface area (Å²) in [5, 5.41) is 12.4. The average Bonchev–Trinajstić information content (AvgIpc) is 2.88. The van der Waals surface area contributed by atoms with Gasteiger partial charge < -0.3 is 25.0 Å². The Hall–Kier alpha value is -3.26. The zero-order valence-corrected chi connectivity index (χ0v) is 20.4. The van der Waals surface area contributed by atoms with Crippen LogP contribution in [-0.2, 0) is 4.79 Å². The third kappa shape index (κ3) is 6.66. The number of hydrogen-bond acceptors (Lipinski definition) is 5. The van der Waals surface area contributed by atoms with Crippen LogP contribution in [0, 0.1) is 11.8 Å². The number of amides is 2. The SMILES string of the molecule is COc1ccccc1N1CCN(CC[C@@H]2CN(C(=O)Nc3ccccc3)CC[C@H]2CC(=O)O)CC1. The molecule has 8 heteroatoms. The number of carboxylic acids is 1. The summed E-state index contributed by atoms with van der Waals surface area (Å²) in [6.45, 7) is 5.85. The Morgan fingerprint density at radius 2 is 1.69 bits per heavy atom. The van der Waals surface area contributed by atoms with E-state index in [4.69, 9.17) is 4.74 Å². The van der Waals surface area contributed by atoms with E-state index in [-0.39, 0.29) is 24.3 Å². The molecule has 2 aliphatic rings. The number of piperazine rings is 1. The van der Waals surface area contributed by atoms with Gasteiger partial charge in [0, 0.05) is 51.4 Å². The van der Waals surface area contributed by atoms with Gasteiger partial charge in [-0.1, -0.05) is 30.3 Å². The van der Waals surface area contributed by atoms with Crippen LogP contribution < -0.4 is 15.0 Å². The molecule has 0 radical (unpaired) electrons. The van der Waals surface area contributed by atoms with Gasteiger partial charge in [-0.05, 0) is 55.5 Å². The molecule has 2 aromatic carbocycles. The summed E-state index contributed by atoms with van der Waals surface area (Å²) in [4.78, 5) is 31.0. The predicted molar refractivity (Wildman–Crippen MR) is 137 cm³/mol. The molecule has 0 aliphatic carbocycles. The van der Waals surface area contributed by atoms with Crippen LogP contribution >= 0.6 is 0 Å². The number of piperidine rings is 1. The van der Waals surface area contributed by atoms with Gasteiger partial charge in [-0.3, -0.25) is 9.69 Å². The maximum absolute atomic E-state index is 12.8. The van der Waals surface area contributed by atoms with Gasteiger partial charge in [0.15, 0.2) is 0 Å². The van der Waals surface area contributed by atoms with Gasteiger partial charge >= 0.3 is 12.0 Å². The first-order valence-corrected chi connectivity index (χ1v) is 12.5. The number of aliphatic carboxylic acids is 1. The topological polar surface area (TPSA) is 85.4 Å². The van der Waals surface area contributed by atoms with E-state index in [0.717, 1.165) is 62.7 Å². The van der Waals surface area contributed by atoms with E-state index in [1.165, 1.54) is 0 Å². The van der Waals surface area contributed by atoms with E-state index in [1.807, 2.05) is 53.4 Å². The molecule has 2 heterocycles. The van der Waals surface area contributed by atoms with Crippen LogP contribution in [0.4, 0.5) is 16.2 Å². The number of benzene rings is 2. The standard InChI is InChI=1S/C27H36N4O4/c1-35-25-10-6-5-9-24(25)30-17-15-29(16-18-30)13-11-22-20-31(14-12-21(22)19-26(32)33)27(34)28-23-7-3-2-4-8-23/h2-10,21-22H,11-20H2,1H3,(H,28,34)(H,32,33)/t21-,22+/m0/s1. The van der Waals surface area contributed by atoms with Crippen LogP contribution in [0.5, 0.6) is 5.75 Å². The van der Waals surface area contributed by atoms with Gasteiger partial charge in [-0.2, -0.15) is 0 Å². The van der Waals surface area contributed by atoms with Crippen molar-refractivity contribution in [3.8, 4) is 5.75 Å². The monoisotopic (exact) mass is 480 g/mol. The van der Waals surface area contributed by atoms with Crippen LogP contribution in [0.3, 0.4) is 0 Å². The molecule has 0 unspecified atom stereocenters. The molecular weight excluding hydrogens is 444 g/mol. The van der Waals surface area contributed by atoms with Crippen molar-refractivity contribution in [3.05, 3.63) is 54.6 Å². The molecule has 0 saturated carbocycles. The fourth-order valence-corrected chi connectivity index (χ4v) is 5.26. The first kappa shape index (κ1) is 24.9. The maximum atomic E-state index is 12.8. The first-order chi connectivity index (χ1) is 17.0. The molecule has 4 rings (SSSR count). The summed E-state index contributed by atoms with van der Waals surface area (Å²) in [6, 6.07) is 17.5. The lowest BCUT2D eigenvalue weighted by atomic mass is 9.81. The second kappa shape index (κ2) is 11.9. The second-order valence-corrected chi connectivity index (χ2v) is 9.44. The minimum atomic E-state index is -0.757. The third-order valence-electron chi connectivity index (χ3n) is 7.25. The number of para-hydroxylation sites is 3. The Labute approximate surface area is 207 Å². The zero-order chi connectivity index (χ0) is 24.6. The molecular formula is C27H36N4O4. The molecule has 8 nitrogen and oxygen atoms in total. The van der Waals surface area contributed by atoms with Crippen molar-refractivity contribution < 1.29 is 19.4 Å². The van der Waals surface area contributed by atoms with E-state index >= 15 is 0 Å². The number of rotatable bonds is 8. The number of hydrogen-bond donors (Lipinski definition) is 2. The third-order valence-corrected chi connectivity index (χ3v) is 7.25. The maximum Gasteiger partial charge on any atom is 0.321 e. The summed E-state index contributed by atoms with van der Waals surface area (Å²) in [5.74, 6) is 0.415. The van der Waals surface area contributed by atoms with Crippen molar-refractivity contribution >= 4 is 23.4 Å². The molecule has 2 fully saturated rings. The summed E-state index contributed by atoms with van der Waals surface area (Å²) in [6.07, 6.45) is 1.78. The van der Waals surface area contributed by atoms with Gasteiger partial charge in [0.1, 0.15) is 5.75 Å². The van der Waals surface area contributed by atoms with E-state index in [2.05, 4.69) is 21.2 Å². The van der Waals surface area contributed by atoms with Crippen molar-refractivity contribution in [2.24, 2.45) is 11.8 Å². The fraction of sp³-hybridized carbons (Fsp3) is 0.481. The van der Waals surface area contributed by atoms with Crippen LogP contribution in [0.25, 0.3) is 0 Å². The molecule has 2 amide bonds. The summed E-state index contributed by atoms with van der Waals surface area (Å²) < 4.78 is 5.52. The van der Waals surface area contributed by atoms with Gasteiger partial charge in [-0.15, -0.1) is 0 Å².